The van der Waals surface area contributed by atoms with Crippen molar-refractivity contribution in [1.82, 2.24) is 14.9 Å². The topological polar surface area (TPSA) is 46.1 Å². The molecule has 2 heterocycles. The lowest BCUT2D eigenvalue weighted by atomic mass is 10.0. The largest absolute Gasteiger partial charge is 0.341 e. The summed E-state index contributed by atoms with van der Waals surface area (Å²) in [6.45, 7) is 0.586. The van der Waals surface area contributed by atoms with Crippen molar-refractivity contribution in [3.05, 3.63) is 95.3 Å². The average molecular weight is 402 g/mol. The summed E-state index contributed by atoms with van der Waals surface area (Å²) in [6, 6.07) is 22.9. The molecule has 0 saturated carbocycles. The number of pyridine rings is 2. The molecule has 0 radical (unpaired) electrons. The number of rotatable bonds is 5. The van der Waals surface area contributed by atoms with E-state index in [9.17, 15) is 4.79 Å². The Morgan fingerprint density at radius 2 is 1.76 bits per heavy atom. The van der Waals surface area contributed by atoms with Gasteiger partial charge in [-0.2, -0.15) is 0 Å². The fraction of sp³-hybridized carbons (Fsp3) is 0.125. The Kier molecular flexibility index (Phi) is 5.54. The maximum atomic E-state index is 13.3. The number of aromatic nitrogens is 2. The number of carbonyl (C=O) groups excluding carboxylic acids is 1. The molecule has 2 aromatic carbocycles. The van der Waals surface area contributed by atoms with Gasteiger partial charge in [-0.05, 0) is 36.4 Å². The van der Waals surface area contributed by atoms with Crippen molar-refractivity contribution in [2.45, 2.75) is 6.42 Å². The average Bonchev–Trinajstić information content (AvgIpc) is 2.77. The second-order valence-electron chi connectivity index (χ2n) is 6.88. The van der Waals surface area contributed by atoms with Crippen LogP contribution in [0, 0.1) is 0 Å². The minimum Gasteiger partial charge on any atom is -0.341 e. The maximum Gasteiger partial charge on any atom is 0.254 e. The van der Waals surface area contributed by atoms with Crippen LogP contribution in [0.15, 0.2) is 79.0 Å². The summed E-state index contributed by atoms with van der Waals surface area (Å²) < 4.78 is 0. The summed E-state index contributed by atoms with van der Waals surface area (Å²) in [7, 11) is 1.82. The molecule has 0 aliphatic carbocycles. The van der Waals surface area contributed by atoms with Gasteiger partial charge in [0.05, 0.1) is 16.8 Å². The zero-order valence-corrected chi connectivity index (χ0v) is 16.8. The fourth-order valence-corrected chi connectivity index (χ4v) is 3.38. The van der Waals surface area contributed by atoms with Crippen LogP contribution in [-0.4, -0.2) is 34.4 Å². The highest BCUT2D eigenvalue weighted by Crippen LogP contribution is 2.26. The van der Waals surface area contributed by atoms with Crippen molar-refractivity contribution in [1.29, 1.82) is 0 Å². The summed E-state index contributed by atoms with van der Waals surface area (Å²) in [6.07, 6.45) is 2.47. The van der Waals surface area contributed by atoms with Crippen LogP contribution in [-0.2, 0) is 6.42 Å². The standard InChI is InChI=1S/C24H20ClN3O/c1-28(15-13-19-6-4-5-14-26-19)24(29)21-16-23(17-9-11-18(25)12-10-17)27-22-8-3-2-7-20(21)22/h2-12,14,16H,13,15H2,1H3. The number of nitrogens with zero attached hydrogens (tertiary/aromatic N) is 3. The first-order valence-corrected chi connectivity index (χ1v) is 9.81. The summed E-state index contributed by atoms with van der Waals surface area (Å²) in [4.78, 5) is 24.1. The Bertz CT molecular complexity index is 1140. The van der Waals surface area contributed by atoms with Gasteiger partial charge in [0.1, 0.15) is 0 Å². The van der Waals surface area contributed by atoms with Gasteiger partial charge < -0.3 is 4.90 Å². The molecule has 4 aromatic rings. The third kappa shape index (κ3) is 4.28. The zero-order chi connectivity index (χ0) is 20.2. The number of likely N-dealkylation sites (N-methyl/N-ethyl adjacent to an activating group) is 1. The van der Waals surface area contributed by atoms with Gasteiger partial charge >= 0.3 is 0 Å². The van der Waals surface area contributed by atoms with Gasteiger partial charge in [0.2, 0.25) is 0 Å². The van der Waals surface area contributed by atoms with E-state index < -0.39 is 0 Å². The van der Waals surface area contributed by atoms with Gasteiger partial charge in [-0.1, -0.05) is 48.0 Å². The Labute approximate surface area is 174 Å². The van der Waals surface area contributed by atoms with E-state index in [4.69, 9.17) is 16.6 Å². The van der Waals surface area contributed by atoms with Crippen molar-refractivity contribution >= 4 is 28.4 Å². The van der Waals surface area contributed by atoms with Crippen molar-refractivity contribution in [2.75, 3.05) is 13.6 Å². The second-order valence-corrected chi connectivity index (χ2v) is 7.31. The minimum absolute atomic E-state index is 0.0326. The second kappa shape index (κ2) is 8.41. The molecule has 0 unspecified atom stereocenters. The summed E-state index contributed by atoms with van der Waals surface area (Å²) in [5.41, 5.74) is 4.08. The summed E-state index contributed by atoms with van der Waals surface area (Å²) in [5, 5.41) is 1.51. The third-order valence-electron chi connectivity index (χ3n) is 4.86. The first kappa shape index (κ1) is 19.1. The van der Waals surface area contributed by atoms with Crippen LogP contribution in [0.3, 0.4) is 0 Å². The van der Waals surface area contributed by atoms with Crippen LogP contribution in [0.1, 0.15) is 16.1 Å². The van der Waals surface area contributed by atoms with Gasteiger partial charge in [-0.15, -0.1) is 0 Å². The van der Waals surface area contributed by atoms with Crippen LogP contribution in [0.25, 0.3) is 22.2 Å². The first-order chi connectivity index (χ1) is 14.1. The fourth-order valence-electron chi connectivity index (χ4n) is 3.26. The number of amides is 1. The van der Waals surface area contributed by atoms with Crippen LogP contribution in [0.2, 0.25) is 5.02 Å². The molecule has 0 aliphatic rings. The van der Waals surface area contributed by atoms with Crippen molar-refractivity contribution in [3.63, 3.8) is 0 Å². The van der Waals surface area contributed by atoms with Gasteiger partial charge in [-0.3, -0.25) is 9.78 Å². The number of para-hydroxylation sites is 1. The smallest absolute Gasteiger partial charge is 0.254 e. The molecule has 0 atom stereocenters. The van der Waals surface area contributed by atoms with Gasteiger partial charge in [-0.25, -0.2) is 4.98 Å². The highest BCUT2D eigenvalue weighted by atomic mass is 35.5. The molecular weight excluding hydrogens is 382 g/mol. The Morgan fingerprint density at radius 3 is 2.52 bits per heavy atom. The molecule has 144 valence electrons. The van der Waals surface area contributed by atoms with Crippen LogP contribution < -0.4 is 0 Å². The third-order valence-corrected chi connectivity index (χ3v) is 5.11. The molecular formula is C24H20ClN3O. The molecule has 0 spiro atoms. The van der Waals surface area contributed by atoms with E-state index in [-0.39, 0.29) is 5.91 Å². The maximum absolute atomic E-state index is 13.3. The minimum atomic E-state index is -0.0326. The van der Waals surface area contributed by atoms with Gasteiger partial charge in [0.25, 0.3) is 5.91 Å². The number of carbonyl (C=O) groups is 1. The Hall–Kier alpha value is -3.24. The summed E-state index contributed by atoms with van der Waals surface area (Å²) >= 11 is 6.02. The monoisotopic (exact) mass is 401 g/mol. The number of hydrogen-bond donors (Lipinski definition) is 0. The lowest BCUT2D eigenvalue weighted by Crippen LogP contribution is -2.29. The molecule has 4 nitrogen and oxygen atoms in total. The molecule has 4 rings (SSSR count). The van der Waals surface area contributed by atoms with E-state index >= 15 is 0 Å². The number of halogens is 1. The molecule has 0 N–H and O–H groups in total. The molecule has 1 amide bonds. The van der Waals surface area contributed by atoms with Crippen LogP contribution in [0.4, 0.5) is 0 Å². The zero-order valence-electron chi connectivity index (χ0n) is 16.0. The van der Waals surface area contributed by atoms with Crippen molar-refractivity contribution in [2.24, 2.45) is 0 Å². The lowest BCUT2D eigenvalue weighted by molar-refractivity contribution is 0.0798. The van der Waals surface area contributed by atoms with E-state index in [2.05, 4.69) is 4.98 Å². The predicted octanol–water partition coefficient (Wildman–Crippen LogP) is 5.26. The first-order valence-electron chi connectivity index (χ1n) is 9.43. The Balaban J connectivity index is 1.67. The molecule has 0 saturated heterocycles. The molecule has 0 bridgehead atoms. The quantitative estimate of drug-likeness (QED) is 0.458. The van der Waals surface area contributed by atoms with E-state index in [1.54, 1.807) is 11.1 Å². The lowest BCUT2D eigenvalue weighted by Gasteiger charge is -2.19. The Morgan fingerprint density at radius 1 is 1.00 bits per heavy atom. The SMILES string of the molecule is CN(CCc1ccccn1)C(=O)c1cc(-c2ccc(Cl)cc2)nc2ccccc12. The van der Waals surface area contributed by atoms with Gasteiger partial charge in [0, 0.05) is 47.9 Å². The van der Waals surface area contributed by atoms with E-state index in [0.29, 0.717) is 23.6 Å². The van der Waals surface area contributed by atoms with Crippen LogP contribution >= 0.6 is 11.6 Å². The molecule has 0 fully saturated rings. The van der Waals surface area contributed by atoms with E-state index in [1.165, 1.54) is 0 Å². The van der Waals surface area contributed by atoms with Crippen molar-refractivity contribution < 1.29 is 4.79 Å². The summed E-state index contributed by atoms with van der Waals surface area (Å²) in [5.74, 6) is -0.0326. The molecule has 0 aliphatic heterocycles. The normalized spacial score (nSPS) is 10.8. The van der Waals surface area contributed by atoms with Crippen LogP contribution in [0.5, 0.6) is 0 Å². The highest BCUT2D eigenvalue weighted by Gasteiger charge is 2.17. The van der Waals surface area contributed by atoms with Gasteiger partial charge in [0.15, 0.2) is 0 Å². The number of fused-ring (bicyclic) bond motifs is 1. The molecule has 5 heteroatoms. The highest BCUT2D eigenvalue weighted by molar-refractivity contribution is 6.30. The van der Waals surface area contributed by atoms with E-state index in [0.717, 1.165) is 27.9 Å². The number of hydrogen-bond acceptors (Lipinski definition) is 3. The number of benzene rings is 2. The molecule has 29 heavy (non-hydrogen) atoms. The predicted molar refractivity (Wildman–Crippen MR) is 117 cm³/mol. The van der Waals surface area contributed by atoms with Crippen molar-refractivity contribution in [3.8, 4) is 11.3 Å². The van der Waals surface area contributed by atoms with E-state index in [1.807, 2.05) is 79.8 Å². The molecule has 2 aromatic heterocycles.